The van der Waals surface area contributed by atoms with Gasteiger partial charge in [0.2, 0.25) is 0 Å². The lowest BCUT2D eigenvalue weighted by atomic mass is 10.2. The van der Waals surface area contributed by atoms with Gasteiger partial charge in [-0.1, -0.05) is 18.2 Å². The van der Waals surface area contributed by atoms with Gasteiger partial charge in [-0.3, -0.25) is 0 Å². The van der Waals surface area contributed by atoms with Crippen LogP contribution in [0.5, 0.6) is 0 Å². The van der Waals surface area contributed by atoms with Gasteiger partial charge in [0, 0.05) is 16.2 Å². The molecule has 1 aromatic carbocycles. The van der Waals surface area contributed by atoms with Gasteiger partial charge in [0.05, 0.1) is 11.4 Å². The van der Waals surface area contributed by atoms with Crippen LogP contribution >= 0.6 is 23.1 Å². The van der Waals surface area contributed by atoms with E-state index in [2.05, 4.69) is 36.6 Å². The molecule has 1 saturated carbocycles. The summed E-state index contributed by atoms with van der Waals surface area (Å²) >= 11 is 3.70. The zero-order valence-electron chi connectivity index (χ0n) is 9.85. The van der Waals surface area contributed by atoms with E-state index < -0.39 is 0 Å². The van der Waals surface area contributed by atoms with Gasteiger partial charge < -0.3 is 0 Å². The predicted octanol–water partition coefficient (Wildman–Crippen LogP) is 4.62. The number of hydrogen-bond acceptors (Lipinski definition) is 3. The second-order valence-electron chi connectivity index (χ2n) is 4.49. The highest BCUT2D eigenvalue weighted by atomic mass is 32.2. The van der Waals surface area contributed by atoms with Crippen molar-refractivity contribution in [1.29, 1.82) is 0 Å². The Balaban J connectivity index is 1.65. The Morgan fingerprint density at radius 2 is 2.18 bits per heavy atom. The molecular formula is C14H15NS2. The molecule has 1 aromatic heterocycles. The van der Waals surface area contributed by atoms with E-state index in [4.69, 9.17) is 4.98 Å². The van der Waals surface area contributed by atoms with Gasteiger partial charge in [-0.2, -0.15) is 0 Å². The van der Waals surface area contributed by atoms with Gasteiger partial charge in [-0.15, -0.1) is 23.1 Å². The molecule has 88 valence electrons. The molecule has 0 bridgehead atoms. The largest absolute Gasteiger partial charge is 0.245 e. The van der Waals surface area contributed by atoms with Gasteiger partial charge >= 0.3 is 0 Å². The number of thiazole rings is 1. The first-order valence-electron chi connectivity index (χ1n) is 5.95. The minimum absolute atomic E-state index is 0.781. The van der Waals surface area contributed by atoms with Crippen molar-refractivity contribution in [3.8, 4) is 0 Å². The van der Waals surface area contributed by atoms with Crippen molar-refractivity contribution in [2.75, 3.05) is 0 Å². The quantitative estimate of drug-likeness (QED) is 0.745. The molecule has 0 amide bonds. The molecular weight excluding hydrogens is 246 g/mol. The van der Waals surface area contributed by atoms with E-state index in [9.17, 15) is 0 Å². The molecule has 0 saturated heterocycles. The molecule has 1 nitrogen and oxygen atoms in total. The summed E-state index contributed by atoms with van der Waals surface area (Å²) in [7, 11) is 0. The molecule has 3 rings (SSSR count). The maximum Gasteiger partial charge on any atom is 0.103 e. The topological polar surface area (TPSA) is 12.9 Å². The fourth-order valence-corrected chi connectivity index (χ4v) is 3.74. The number of thioether (sulfide) groups is 1. The number of nitrogens with zero attached hydrogens (tertiary/aromatic N) is 1. The second-order valence-corrected chi connectivity index (χ2v) is 6.45. The Morgan fingerprint density at radius 1 is 1.35 bits per heavy atom. The molecule has 0 aliphatic heterocycles. The number of rotatable bonds is 4. The third-order valence-electron chi connectivity index (χ3n) is 3.01. The average molecular weight is 261 g/mol. The van der Waals surface area contributed by atoms with Crippen LogP contribution in [-0.2, 0) is 5.75 Å². The molecule has 17 heavy (non-hydrogen) atoms. The summed E-state index contributed by atoms with van der Waals surface area (Å²) < 4.78 is 0. The van der Waals surface area contributed by atoms with Crippen LogP contribution in [0.3, 0.4) is 0 Å². The number of aryl methyl sites for hydroxylation is 1. The lowest BCUT2D eigenvalue weighted by Gasteiger charge is -2.02. The molecule has 3 heteroatoms. The first-order chi connectivity index (χ1) is 8.33. The highest BCUT2D eigenvalue weighted by Gasteiger charge is 2.25. The normalized spacial score (nSPS) is 15.1. The zero-order chi connectivity index (χ0) is 11.7. The van der Waals surface area contributed by atoms with Gasteiger partial charge in [-0.25, -0.2) is 4.98 Å². The van der Waals surface area contributed by atoms with E-state index in [1.807, 2.05) is 23.1 Å². The molecule has 0 radical (unpaired) electrons. The van der Waals surface area contributed by atoms with Crippen molar-refractivity contribution in [3.63, 3.8) is 0 Å². The number of hydrogen-bond donors (Lipinski definition) is 0. The maximum atomic E-state index is 4.71. The standard InChI is InChI=1S/C14H15NS2/c1-10-4-2-3-5-13(10)16-9-14-15-12(8-17-14)11-6-7-11/h2-5,8,11H,6-7,9H2,1H3. The third kappa shape index (κ3) is 2.72. The molecule has 0 spiro atoms. The molecule has 1 aliphatic rings. The second kappa shape index (κ2) is 4.83. The van der Waals surface area contributed by atoms with Crippen LogP contribution in [0.1, 0.15) is 35.0 Å². The van der Waals surface area contributed by atoms with Gasteiger partial charge in [0.15, 0.2) is 0 Å². The fourth-order valence-electron chi connectivity index (χ4n) is 1.82. The molecule has 2 aromatic rings. The van der Waals surface area contributed by atoms with Gasteiger partial charge in [0.25, 0.3) is 0 Å². The lowest BCUT2D eigenvalue weighted by molar-refractivity contribution is 1.03. The van der Waals surface area contributed by atoms with Gasteiger partial charge in [-0.05, 0) is 31.4 Å². The summed E-state index contributed by atoms with van der Waals surface area (Å²) in [6.45, 7) is 2.17. The first-order valence-corrected chi connectivity index (χ1v) is 7.82. The molecule has 1 heterocycles. The van der Waals surface area contributed by atoms with E-state index in [1.165, 1.54) is 34.0 Å². The SMILES string of the molecule is Cc1ccccc1SCc1nc(C2CC2)cs1. The van der Waals surface area contributed by atoms with Crippen LogP contribution in [0.2, 0.25) is 0 Å². The molecule has 1 fully saturated rings. The Hall–Kier alpha value is -0.800. The van der Waals surface area contributed by atoms with Crippen LogP contribution in [0, 0.1) is 6.92 Å². The summed E-state index contributed by atoms with van der Waals surface area (Å²) in [5.41, 5.74) is 2.69. The minimum atomic E-state index is 0.781. The Kier molecular flexibility index (Phi) is 3.21. The van der Waals surface area contributed by atoms with Crippen molar-refractivity contribution in [2.45, 2.75) is 36.3 Å². The summed E-state index contributed by atoms with van der Waals surface area (Å²) in [5, 5.41) is 3.51. The van der Waals surface area contributed by atoms with Crippen molar-refractivity contribution < 1.29 is 0 Å². The summed E-state index contributed by atoms with van der Waals surface area (Å²) in [6, 6.07) is 8.55. The molecule has 1 aliphatic carbocycles. The maximum absolute atomic E-state index is 4.71. The van der Waals surface area contributed by atoms with Crippen LogP contribution in [0.15, 0.2) is 34.5 Å². The lowest BCUT2D eigenvalue weighted by Crippen LogP contribution is -1.84. The zero-order valence-corrected chi connectivity index (χ0v) is 11.5. The molecule has 0 unspecified atom stereocenters. The Labute approximate surface area is 110 Å². The van der Waals surface area contributed by atoms with Crippen molar-refractivity contribution >= 4 is 23.1 Å². The third-order valence-corrected chi connectivity index (χ3v) is 5.25. The fraction of sp³-hybridized carbons (Fsp3) is 0.357. The van der Waals surface area contributed by atoms with E-state index in [0.29, 0.717) is 0 Å². The number of aromatic nitrogens is 1. The summed E-state index contributed by atoms with van der Waals surface area (Å²) in [4.78, 5) is 6.09. The smallest absolute Gasteiger partial charge is 0.103 e. The molecule has 0 N–H and O–H groups in total. The van der Waals surface area contributed by atoms with Gasteiger partial charge in [0.1, 0.15) is 5.01 Å². The van der Waals surface area contributed by atoms with Crippen molar-refractivity contribution in [1.82, 2.24) is 4.98 Å². The van der Waals surface area contributed by atoms with Crippen LogP contribution in [0.4, 0.5) is 0 Å². The van der Waals surface area contributed by atoms with E-state index >= 15 is 0 Å². The predicted molar refractivity (Wildman–Crippen MR) is 74.8 cm³/mol. The van der Waals surface area contributed by atoms with Crippen LogP contribution in [-0.4, -0.2) is 4.98 Å². The molecule has 0 atom stereocenters. The monoisotopic (exact) mass is 261 g/mol. The Bertz CT molecular complexity index is 514. The average Bonchev–Trinajstić information content (AvgIpc) is 3.08. The van der Waals surface area contributed by atoms with E-state index in [0.717, 1.165) is 11.7 Å². The Morgan fingerprint density at radius 3 is 2.94 bits per heavy atom. The highest BCUT2D eigenvalue weighted by Crippen LogP contribution is 2.40. The van der Waals surface area contributed by atoms with Crippen molar-refractivity contribution in [2.24, 2.45) is 0 Å². The highest BCUT2D eigenvalue weighted by molar-refractivity contribution is 7.98. The summed E-state index contributed by atoms with van der Waals surface area (Å²) in [6.07, 6.45) is 2.68. The van der Waals surface area contributed by atoms with Crippen molar-refractivity contribution in [3.05, 3.63) is 45.9 Å². The van der Waals surface area contributed by atoms with Crippen LogP contribution in [0.25, 0.3) is 0 Å². The number of benzene rings is 1. The van der Waals surface area contributed by atoms with E-state index in [-0.39, 0.29) is 0 Å². The van der Waals surface area contributed by atoms with Crippen LogP contribution < -0.4 is 0 Å². The first kappa shape index (κ1) is 11.3. The van der Waals surface area contributed by atoms with E-state index in [1.54, 1.807) is 0 Å². The minimum Gasteiger partial charge on any atom is -0.245 e. The summed E-state index contributed by atoms with van der Waals surface area (Å²) in [5.74, 6) is 1.78.